The normalized spacial score (nSPS) is 13.8. The SMILES string of the molecule is CCNC(=NCc1ccc(N2CCCC2)nc1)NCc1cc(Cl)ccc1OC(F)F.I. The predicted octanol–water partition coefficient (Wildman–Crippen LogP) is 4.81. The number of halogens is 4. The minimum Gasteiger partial charge on any atom is -0.434 e. The van der Waals surface area contributed by atoms with Gasteiger partial charge in [0.1, 0.15) is 11.6 Å². The maximum Gasteiger partial charge on any atom is 0.387 e. The van der Waals surface area contributed by atoms with Gasteiger partial charge >= 0.3 is 6.61 Å². The van der Waals surface area contributed by atoms with Gasteiger partial charge in [0.2, 0.25) is 0 Å². The molecule has 0 spiro atoms. The molecular formula is C21H27ClF2IN5O. The summed E-state index contributed by atoms with van der Waals surface area (Å²) in [7, 11) is 0. The molecule has 1 saturated heterocycles. The Labute approximate surface area is 203 Å². The number of pyridine rings is 1. The average molecular weight is 566 g/mol. The van der Waals surface area contributed by atoms with Crippen molar-refractivity contribution in [1.29, 1.82) is 0 Å². The smallest absolute Gasteiger partial charge is 0.387 e. The number of guanidine groups is 1. The van der Waals surface area contributed by atoms with Gasteiger partial charge in [0.15, 0.2) is 5.96 Å². The Balaban J connectivity index is 0.00000341. The van der Waals surface area contributed by atoms with Crippen molar-refractivity contribution in [3.05, 3.63) is 52.7 Å². The fourth-order valence-corrected chi connectivity index (χ4v) is 3.43. The summed E-state index contributed by atoms with van der Waals surface area (Å²) in [5.41, 5.74) is 1.50. The molecule has 0 bridgehead atoms. The third-order valence-corrected chi connectivity index (χ3v) is 4.92. The van der Waals surface area contributed by atoms with E-state index in [0.29, 0.717) is 29.6 Å². The summed E-state index contributed by atoms with van der Waals surface area (Å²) < 4.78 is 29.8. The molecule has 0 saturated carbocycles. The number of hydrogen-bond donors (Lipinski definition) is 2. The summed E-state index contributed by atoms with van der Waals surface area (Å²) in [5.74, 6) is 1.64. The van der Waals surface area contributed by atoms with Crippen molar-refractivity contribution in [1.82, 2.24) is 15.6 Å². The number of aromatic nitrogens is 1. The second-order valence-corrected chi connectivity index (χ2v) is 7.33. The van der Waals surface area contributed by atoms with Crippen LogP contribution >= 0.6 is 35.6 Å². The van der Waals surface area contributed by atoms with Gasteiger partial charge in [-0.3, -0.25) is 0 Å². The molecule has 0 atom stereocenters. The molecule has 3 rings (SSSR count). The molecular weight excluding hydrogens is 539 g/mol. The Kier molecular flexibility index (Phi) is 10.5. The number of alkyl halides is 2. The molecule has 2 heterocycles. The maximum atomic E-state index is 12.6. The van der Waals surface area contributed by atoms with Crippen LogP contribution in [0.3, 0.4) is 0 Å². The number of hydrogen-bond acceptors (Lipinski definition) is 4. The van der Waals surface area contributed by atoms with Crippen molar-refractivity contribution in [3.63, 3.8) is 0 Å². The minimum absolute atomic E-state index is 0. The fraction of sp³-hybridized carbons (Fsp3) is 0.429. The lowest BCUT2D eigenvalue weighted by Gasteiger charge is -2.16. The fourth-order valence-electron chi connectivity index (χ4n) is 3.23. The second-order valence-electron chi connectivity index (χ2n) is 6.90. The molecule has 170 valence electrons. The van der Waals surface area contributed by atoms with E-state index in [-0.39, 0.29) is 36.3 Å². The Morgan fingerprint density at radius 3 is 2.65 bits per heavy atom. The van der Waals surface area contributed by atoms with Gasteiger partial charge in [-0.15, -0.1) is 24.0 Å². The van der Waals surface area contributed by atoms with E-state index in [9.17, 15) is 8.78 Å². The standard InChI is InChI=1S/C21H26ClF2N5O.HI/c1-2-25-21(28-14-16-11-17(22)6-7-18(16)30-20(23)24)27-13-15-5-8-19(26-12-15)29-9-3-4-10-29;/h5-8,11-12,20H,2-4,9-10,13-14H2,1H3,(H2,25,27,28);1H. The third-order valence-electron chi connectivity index (χ3n) is 4.69. The molecule has 0 amide bonds. The van der Waals surface area contributed by atoms with Crippen molar-refractivity contribution in [2.24, 2.45) is 4.99 Å². The first-order valence-corrected chi connectivity index (χ1v) is 10.4. The van der Waals surface area contributed by atoms with Gasteiger partial charge in [-0.1, -0.05) is 17.7 Å². The van der Waals surface area contributed by atoms with Crippen LogP contribution in [0.25, 0.3) is 0 Å². The number of aliphatic imine (C=N–C) groups is 1. The first-order valence-electron chi connectivity index (χ1n) is 10.0. The van der Waals surface area contributed by atoms with Crippen LogP contribution in [0, 0.1) is 0 Å². The maximum absolute atomic E-state index is 12.6. The van der Waals surface area contributed by atoms with E-state index >= 15 is 0 Å². The highest BCUT2D eigenvalue weighted by Gasteiger charge is 2.13. The number of rotatable bonds is 8. The van der Waals surface area contributed by atoms with Gasteiger partial charge < -0.3 is 20.3 Å². The summed E-state index contributed by atoms with van der Waals surface area (Å²) in [6, 6.07) is 8.59. The van der Waals surface area contributed by atoms with Crippen molar-refractivity contribution >= 4 is 47.4 Å². The average Bonchev–Trinajstić information content (AvgIpc) is 3.27. The van der Waals surface area contributed by atoms with Gasteiger partial charge in [0, 0.05) is 43.0 Å². The minimum atomic E-state index is -2.90. The van der Waals surface area contributed by atoms with E-state index in [1.165, 1.54) is 25.0 Å². The van der Waals surface area contributed by atoms with Gasteiger partial charge in [-0.2, -0.15) is 8.78 Å². The topological polar surface area (TPSA) is 61.8 Å². The summed E-state index contributed by atoms with van der Waals surface area (Å²) in [4.78, 5) is 11.4. The molecule has 1 aromatic carbocycles. The van der Waals surface area contributed by atoms with E-state index in [0.717, 1.165) is 24.5 Å². The molecule has 0 radical (unpaired) electrons. The molecule has 0 aliphatic carbocycles. The van der Waals surface area contributed by atoms with Gasteiger partial charge in [-0.25, -0.2) is 9.98 Å². The molecule has 2 aromatic rings. The summed E-state index contributed by atoms with van der Waals surface area (Å²) in [6.07, 6.45) is 4.26. The monoisotopic (exact) mass is 565 g/mol. The van der Waals surface area contributed by atoms with Gasteiger partial charge in [-0.05, 0) is 49.6 Å². The van der Waals surface area contributed by atoms with Crippen LogP contribution in [0.5, 0.6) is 5.75 Å². The summed E-state index contributed by atoms with van der Waals surface area (Å²) >= 11 is 6.00. The molecule has 31 heavy (non-hydrogen) atoms. The molecule has 2 N–H and O–H groups in total. The van der Waals surface area contributed by atoms with Crippen molar-refractivity contribution in [2.45, 2.75) is 39.5 Å². The Morgan fingerprint density at radius 2 is 2.00 bits per heavy atom. The highest BCUT2D eigenvalue weighted by molar-refractivity contribution is 14.0. The quantitative estimate of drug-likeness (QED) is 0.273. The predicted molar refractivity (Wildman–Crippen MR) is 131 cm³/mol. The summed E-state index contributed by atoms with van der Waals surface area (Å²) in [5, 5.41) is 6.72. The van der Waals surface area contributed by atoms with Crippen LogP contribution in [-0.2, 0) is 13.1 Å². The molecule has 0 unspecified atom stereocenters. The highest BCUT2D eigenvalue weighted by atomic mass is 127. The lowest BCUT2D eigenvalue weighted by atomic mass is 10.2. The van der Waals surface area contributed by atoms with Crippen molar-refractivity contribution < 1.29 is 13.5 Å². The Hall–Kier alpha value is -1.88. The van der Waals surface area contributed by atoms with Crippen LogP contribution in [0.2, 0.25) is 5.02 Å². The van der Waals surface area contributed by atoms with Crippen molar-refractivity contribution in [3.8, 4) is 5.75 Å². The zero-order valence-electron chi connectivity index (χ0n) is 17.3. The van der Waals surface area contributed by atoms with E-state index in [2.05, 4.69) is 30.2 Å². The number of benzene rings is 1. The van der Waals surface area contributed by atoms with Crippen LogP contribution in [0.1, 0.15) is 30.9 Å². The van der Waals surface area contributed by atoms with E-state index in [4.69, 9.17) is 11.6 Å². The van der Waals surface area contributed by atoms with Gasteiger partial charge in [0.25, 0.3) is 0 Å². The lowest BCUT2D eigenvalue weighted by molar-refractivity contribution is -0.0504. The van der Waals surface area contributed by atoms with Crippen LogP contribution < -0.4 is 20.3 Å². The Morgan fingerprint density at radius 1 is 1.23 bits per heavy atom. The zero-order valence-corrected chi connectivity index (χ0v) is 20.4. The first-order chi connectivity index (χ1) is 14.5. The molecule has 1 aliphatic rings. The van der Waals surface area contributed by atoms with E-state index in [1.807, 2.05) is 25.3 Å². The molecule has 1 aromatic heterocycles. The number of nitrogens with zero attached hydrogens (tertiary/aromatic N) is 3. The number of nitrogens with one attached hydrogen (secondary N) is 2. The largest absolute Gasteiger partial charge is 0.434 e. The zero-order chi connectivity index (χ0) is 21.3. The highest BCUT2D eigenvalue weighted by Crippen LogP contribution is 2.24. The third kappa shape index (κ3) is 7.95. The first kappa shape index (κ1) is 25.4. The van der Waals surface area contributed by atoms with Crippen molar-refractivity contribution in [2.75, 3.05) is 24.5 Å². The van der Waals surface area contributed by atoms with Crippen LogP contribution in [0.15, 0.2) is 41.5 Å². The molecule has 6 nitrogen and oxygen atoms in total. The van der Waals surface area contributed by atoms with Crippen LogP contribution in [-0.4, -0.2) is 37.2 Å². The summed E-state index contributed by atoms with van der Waals surface area (Å²) in [6.45, 7) is 2.50. The van der Waals surface area contributed by atoms with E-state index < -0.39 is 6.61 Å². The Bertz CT molecular complexity index is 848. The lowest BCUT2D eigenvalue weighted by Crippen LogP contribution is -2.36. The molecule has 1 aliphatic heterocycles. The number of ether oxygens (including phenoxy) is 1. The van der Waals surface area contributed by atoms with Crippen LogP contribution in [0.4, 0.5) is 14.6 Å². The second kappa shape index (κ2) is 12.8. The van der Waals surface area contributed by atoms with E-state index in [1.54, 1.807) is 6.07 Å². The molecule has 1 fully saturated rings. The molecule has 10 heteroatoms. The number of anilines is 1. The van der Waals surface area contributed by atoms with Gasteiger partial charge in [0.05, 0.1) is 6.54 Å².